The lowest BCUT2D eigenvalue weighted by Gasteiger charge is -1.96. The van der Waals surface area contributed by atoms with E-state index in [-0.39, 0.29) is 5.69 Å². The Hall–Kier alpha value is -3.07. The number of nitriles is 1. The number of H-pyrrole nitrogens is 1. The number of fused-ring (bicyclic) bond motifs is 1. The summed E-state index contributed by atoms with van der Waals surface area (Å²) < 4.78 is 5.02. The molecule has 0 bridgehead atoms. The minimum absolute atomic E-state index is 0.147. The van der Waals surface area contributed by atoms with Crippen molar-refractivity contribution in [3.05, 3.63) is 41.2 Å². The van der Waals surface area contributed by atoms with Crippen LogP contribution in [-0.4, -0.2) is 21.2 Å². The highest BCUT2D eigenvalue weighted by Crippen LogP contribution is 2.28. The van der Waals surface area contributed by atoms with Crippen LogP contribution in [0.4, 0.5) is 0 Å². The minimum atomic E-state index is -1.14. The van der Waals surface area contributed by atoms with Gasteiger partial charge in [0.2, 0.25) is 0 Å². The molecule has 98 valence electrons. The molecule has 3 aromatic rings. The zero-order valence-corrected chi connectivity index (χ0v) is 10.5. The van der Waals surface area contributed by atoms with Crippen molar-refractivity contribution in [3.8, 4) is 17.4 Å². The third-order valence-corrected chi connectivity index (χ3v) is 3.11. The molecule has 0 saturated heterocycles. The van der Waals surface area contributed by atoms with Crippen molar-refractivity contribution < 1.29 is 14.4 Å². The van der Waals surface area contributed by atoms with Crippen LogP contribution in [0.15, 0.2) is 28.8 Å². The second-order valence-electron chi connectivity index (χ2n) is 4.38. The number of carboxylic acid groups (broad SMARTS) is 1. The van der Waals surface area contributed by atoms with Crippen LogP contribution in [0.25, 0.3) is 22.2 Å². The molecule has 0 unspecified atom stereocenters. The topological polar surface area (TPSA) is 103 Å². The summed E-state index contributed by atoms with van der Waals surface area (Å²) in [6, 6.07) is 8.89. The average molecular weight is 267 g/mol. The molecule has 0 aliphatic carbocycles. The predicted molar refractivity (Wildman–Crippen MR) is 70.2 cm³/mol. The van der Waals surface area contributed by atoms with Crippen LogP contribution in [0.2, 0.25) is 0 Å². The van der Waals surface area contributed by atoms with Gasteiger partial charge in [-0.15, -0.1) is 0 Å². The van der Waals surface area contributed by atoms with Crippen LogP contribution in [0.5, 0.6) is 0 Å². The normalized spacial score (nSPS) is 10.6. The molecule has 6 heteroatoms. The molecule has 0 fully saturated rings. The van der Waals surface area contributed by atoms with Gasteiger partial charge >= 0.3 is 5.97 Å². The lowest BCUT2D eigenvalue weighted by Crippen LogP contribution is -1.94. The fourth-order valence-corrected chi connectivity index (χ4v) is 2.14. The maximum absolute atomic E-state index is 10.8. The summed E-state index contributed by atoms with van der Waals surface area (Å²) in [4.78, 5) is 13.9. The lowest BCUT2D eigenvalue weighted by molar-refractivity contribution is 0.0686. The Morgan fingerprint density at radius 3 is 2.90 bits per heavy atom. The Morgan fingerprint density at radius 1 is 1.45 bits per heavy atom. The molecule has 2 aromatic heterocycles. The number of carboxylic acids is 1. The van der Waals surface area contributed by atoms with Crippen LogP contribution < -0.4 is 0 Å². The molecule has 2 N–H and O–H groups in total. The maximum atomic E-state index is 10.8. The number of hydrogen-bond acceptors (Lipinski definition) is 4. The lowest BCUT2D eigenvalue weighted by atomic mass is 10.1. The third-order valence-electron chi connectivity index (χ3n) is 3.11. The first kappa shape index (κ1) is 12.0. The molecule has 0 radical (unpaired) electrons. The van der Waals surface area contributed by atoms with Crippen molar-refractivity contribution >= 4 is 16.9 Å². The highest BCUT2D eigenvalue weighted by molar-refractivity contribution is 5.91. The molecule has 6 nitrogen and oxygen atoms in total. The van der Waals surface area contributed by atoms with Crippen LogP contribution in [-0.2, 0) is 0 Å². The number of benzene rings is 1. The van der Waals surface area contributed by atoms with Crippen molar-refractivity contribution in [2.45, 2.75) is 6.92 Å². The molecule has 0 spiro atoms. The molecule has 0 amide bonds. The molecule has 2 heterocycles. The van der Waals surface area contributed by atoms with Gasteiger partial charge in [-0.1, -0.05) is 5.16 Å². The quantitative estimate of drug-likeness (QED) is 0.743. The highest BCUT2D eigenvalue weighted by atomic mass is 16.5. The summed E-state index contributed by atoms with van der Waals surface area (Å²) in [5, 5.41) is 22.2. The van der Waals surface area contributed by atoms with E-state index in [2.05, 4.69) is 16.2 Å². The van der Waals surface area contributed by atoms with Gasteiger partial charge in [-0.3, -0.25) is 0 Å². The maximum Gasteiger partial charge on any atom is 0.358 e. The van der Waals surface area contributed by atoms with Gasteiger partial charge in [0.05, 0.1) is 5.56 Å². The van der Waals surface area contributed by atoms with Crippen LogP contribution in [0, 0.1) is 18.3 Å². The first-order valence-electron chi connectivity index (χ1n) is 5.83. The van der Waals surface area contributed by atoms with Gasteiger partial charge in [-0.25, -0.2) is 4.79 Å². The molecule has 0 saturated carbocycles. The van der Waals surface area contributed by atoms with Crippen molar-refractivity contribution in [1.29, 1.82) is 5.26 Å². The summed E-state index contributed by atoms with van der Waals surface area (Å²) in [6.45, 7) is 1.83. The zero-order chi connectivity index (χ0) is 14.3. The Labute approximate surface area is 113 Å². The van der Waals surface area contributed by atoms with Gasteiger partial charge in [0.15, 0.2) is 11.5 Å². The largest absolute Gasteiger partial charge is 0.476 e. The van der Waals surface area contributed by atoms with Crippen LogP contribution >= 0.6 is 0 Å². The van der Waals surface area contributed by atoms with E-state index in [9.17, 15) is 4.79 Å². The molecule has 0 aliphatic rings. The summed E-state index contributed by atoms with van der Waals surface area (Å²) in [7, 11) is 0. The number of aromatic nitrogens is 2. The van der Waals surface area contributed by atoms with Crippen LogP contribution in [0.3, 0.4) is 0 Å². The number of aromatic amines is 1. The summed E-state index contributed by atoms with van der Waals surface area (Å²) in [5.74, 6) is -0.789. The molecule has 1 aromatic carbocycles. The predicted octanol–water partition coefficient (Wildman–Crippen LogP) is 2.70. The van der Waals surface area contributed by atoms with E-state index in [4.69, 9.17) is 14.9 Å². The van der Waals surface area contributed by atoms with Gasteiger partial charge in [0, 0.05) is 28.2 Å². The second kappa shape index (κ2) is 4.24. The van der Waals surface area contributed by atoms with E-state index in [1.54, 1.807) is 12.1 Å². The SMILES string of the molecule is Cc1[nH]c2ccc(-c3cc(C(=O)O)no3)cc2c1C#N. The molecule has 0 atom stereocenters. The molecular formula is C14H9N3O3. The smallest absolute Gasteiger partial charge is 0.358 e. The van der Waals surface area contributed by atoms with Gasteiger partial charge < -0.3 is 14.6 Å². The van der Waals surface area contributed by atoms with Crippen molar-refractivity contribution in [2.75, 3.05) is 0 Å². The first-order valence-corrected chi connectivity index (χ1v) is 5.83. The minimum Gasteiger partial charge on any atom is -0.476 e. The number of aromatic carboxylic acids is 1. The fourth-order valence-electron chi connectivity index (χ4n) is 2.14. The van der Waals surface area contributed by atoms with E-state index in [0.29, 0.717) is 16.9 Å². The first-order chi connectivity index (χ1) is 9.60. The molecule has 0 aliphatic heterocycles. The van der Waals surface area contributed by atoms with E-state index in [0.717, 1.165) is 16.6 Å². The monoisotopic (exact) mass is 267 g/mol. The molecule has 20 heavy (non-hydrogen) atoms. The van der Waals surface area contributed by atoms with Crippen LogP contribution in [0.1, 0.15) is 21.7 Å². The third kappa shape index (κ3) is 1.73. The number of carbonyl (C=O) groups is 1. The van der Waals surface area contributed by atoms with Crippen molar-refractivity contribution in [1.82, 2.24) is 10.1 Å². The van der Waals surface area contributed by atoms with E-state index < -0.39 is 5.97 Å². The summed E-state index contributed by atoms with van der Waals surface area (Å²) >= 11 is 0. The van der Waals surface area contributed by atoms with Gasteiger partial charge in [0.1, 0.15) is 6.07 Å². The number of hydrogen-bond donors (Lipinski definition) is 2. The number of rotatable bonds is 2. The average Bonchev–Trinajstić information content (AvgIpc) is 3.01. The zero-order valence-electron chi connectivity index (χ0n) is 10.5. The Bertz CT molecular complexity index is 868. The Kier molecular flexibility index (Phi) is 2.54. The van der Waals surface area contributed by atoms with E-state index >= 15 is 0 Å². The van der Waals surface area contributed by atoms with Crippen molar-refractivity contribution in [3.63, 3.8) is 0 Å². The number of nitrogens with one attached hydrogen (secondary N) is 1. The standard InChI is InChI=1S/C14H9N3O3/c1-7-10(6-15)9-4-8(2-3-11(9)16-7)13-5-12(14(18)19)17-20-13/h2-5,16H,1H3,(H,18,19). The van der Waals surface area contributed by atoms with Crippen molar-refractivity contribution in [2.24, 2.45) is 0 Å². The Balaban J connectivity index is 2.17. The molecular weight excluding hydrogens is 258 g/mol. The number of nitrogens with zero attached hydrogens (tertiary/aromatic N) is 2. The summed E-state index contributed by atoms with van der Waals surface area (Å²) in [5.41, 5.74) is 2.74. The second-order valence-corrected chi connectivity index (χ2v) is 4.38. The highest BCUT2D eigenvalue weighted by Gasteiger charge is 2.14. The van der Waals surface area contributed by atoms with Gasteiger partial charge in [-0.05, 0) is 25.1 Å². The van der Waals surface area contributed by atoms with E-state index in [1.807, 2.05) is 13.0 Å². The Morgan fingerprint density at radius 2 is 2.25 bits per heavy atom. The molecule has 3 rings (SSSR count). The number of aryl methyl sites for hydroxylation is 1. The fraction of sp³-hybridized carbons (Fsp3) is 0.0714. The van der Waals surface area contributed by atoms with Gasteiger partial charge in [-0.2, -0.15) is 5.26 Å². The summed E-state index contributed by atoms with van der Waals surface area (Å²) in [6.07, 6.45) is 0. The van der Waals surface area contributed by atoms with E-state index in [1.165, 1.54) is 6.07 Å². The van der Waals surface area contributed by atoms with Gasteiger partial charge in [0.25, 0.3) is 0 Å².